The summed E-state index contributed by atoms with van der Waals surface area (Å²) in [7, 11) is 8.06. The molecular formula is C17H31N5O2. The first-order chi connectivity index (χ1) is 11.3. The van der Waals surface area contributed by atoms with Crippen molar-refractivity contribution < 1.29 is 9.90 Å². The monoisotopic (exact) mass is 337 g/mol. The second-order valence-corrected chi connectivity index (χ2v) is 7.28. The lowest BCUT2D eigenvalue weighted by Crippen LogP contribution is -2.35. The maximum atomic E-state index is 12.8. The second kappa shape index (κ2) is 8.09. The molecule has 0 aromatic carbocycles. The standard InChI is InChI=1S/C17H31N5O2/c1-13-16(11-21(5)18-13)17(24)22-9-14(15(10-22)12-23)8-20(4)7-6-19(2)3/h11,14-15,23H,6-10,12H2,1-5H3/t14-,15-/m1/s1. The molecule has 0 saturated carbocycles. The fourth-order valence-electron chi connectivity index (χ4n) is 3.36. The van der Waals surface area contributed by atoms with E-state index < -0.39 is 0 Å². The van der Waals surface area contributed by atoms with Crippen molar-refractivity contribution in [3.05, 3.63) is 17.5 Å². The number of likely N-dealkylation sites (N-methyl/N-ethyl adjacent to an activating group) is 2. The molecule has 7 nitrogen and oxygen atoms in total. The highest BCUT2D eigenvalue weighted by Gasteiger charge is 2.36. The van der Waals surface area contributed by atoms with Crippen molar-refractivity contribution in [2.24, 2.45) is 18.9 Å². The molecule has 136 valence electrons. The molecule has 1 aliphatic rings. The smallest absolute Gasteiger partial charge is 0.257 e. The van der Waals surface area contributed by atoms with Crippen LogP contribution in [0.5, 0.6) is 0 Å². The maximum Gasteiger partial charge on any atom is 0.257 e. The summed E-state index contributed by atoms with van der Waals surface area (Å²) in [6.07, 6.45) is 1.78. The number of likely N-dealkylation sites (tertiary alicyclic amines) is 1. The molecule has 0 unspecified atom stereocenters. The second-order valence-electron chi connectivity index (χ2n) is 7.28. The molecule has 1 aromatic heterocycles. The number of aliphatic hydroxyl groups is 1. The lowest BCUT2D eigenvalue weighted by atomic mass is 9.96. The molecule has 1 amide bonds. The topological polar surface area (TPSA) is 64.8 Å². The molecule has 2 atom stereocenters. The van der Waals surface area contributed by atoms with Crippen molar-refractivity contribution >= 4 is 5.91 Å². The molecule has 1 N–H and O–H groups in total. The molecule has 1 aliphatic heterocycles. The third kappa shape index (κ3) is 4.55. The maximum absolute atomic E-state index is 12.8. The number of aliphatic hydroxyl groups excluding tert-OH is 1. The Bertz CT molecular complexity index is 557. The minimum atomic E-state index is 0.0255. The van der Waals surface area contributed by atoms with Gasteiger partial charge in [-0.15, -0.1) is 0 Å². The molecule has 2 rings (SSSR count). The number of carbonyl (C=O) groups is 1. The number of nitrogens with zero attached hydrogens (tertiary/aromatic N) is 5. The van der Waals surface area contributed by atoms with Crippen molar-refractivity contribution in [2.45, 2.75) is 6.92 Å². The summed E-state index contributed by atoms with van der Waals surface area (Å²) >= 11 is 0. The molecule has 2 heterocycles. The van der Waals surface area contributed by atoms with Gasteiger partial charge in [0.05, 0.1) is 11.3 Å². The van der Waals surface area contributed by atoms with Gasteiger partial charge in [-0.1, -0.05) is 0 Å². The lowest BCUT2D eigenvalue weighted by Gasteiger charge is -2.25. The van der Waals surface area contributed by atoms with Gasteiger partial charge in [-0.05, 0) is 34.0 Å². The van der Waals surface area contributed by atoms with Crippen molar-refractivity contribution in [3.8, 4) is 0 Å². The highest BCUT2D eigenvalue weighted by Crippen LogP contribution is 2.26. The Balaban J connectivity index is 1.98. The number of hydrogen-bond donors (Lipinski definition) is 1. The third-order valence-electron chi connectivity index (χ3n) is 4.82. The normalized spacial score (nSPS) is 21.2. The van der Waals surface area contributed by atoms with Gasteiger partial charge in [0.25, 0.3) is 5.91 Å². The van der Waals surface area contributed by atoms with Crippen molar-refractivity contribution in [1.82, 2.24) is 24.5 Å². The first kappa shape index (κ1) is 18.9. The molecule has 1 fully saturated rings. The number of carbonyl (C=O) groups excluding carboxylic acids is 1. The van der Waals surface area contributed by atoms with Gasteiger partial charge in [0.2, 0.25) is 0 Å². The van der Waals surface area contributed by atoms with Crippen LogP contribution in [0.25, 0.3) is 0 Å². The van der Waals surface area contributed by atoms with Crippen molar-refractivity contribution in [2.75, 3.05) is 60.5 Å². The van der Waals surface area contributed by atoms with Gasteiger partial charge in [-0.25, -0.2) is 0 Å². The van der Waals surface area contributed by atoms with E-state index in [0.717, 1.165) is 25.3 Å². The van der Waals surface area contributed by atoms with E-state index >= 15 is 0 Å². The summed E-state index contributed by atoms with van der Waals surface area (Å²) in [5.41, 5.74) is 1.42. The van der Waals surface area contributed by atoms with Gasteiger partial charge in [0.1, 0.15) is 0 Å². The molecule has 7 heteroatoms. The van der Waals surface area contributed by atoms with Crippen LogP contribution in [0, 0.1) is 18.8 Å². The predicted octanol–water partition coefficient (Wildman–Crippen LogP) is -0.0976. The highest BCUT2D eigenvalue weighted by atomic mass is 16.3. The van der Waals surface area contributed by atoms with E-state index in [9.17, 15) is 9.90 Å². The Labute approximate surface area is 144 Å². The minimum absolute atomic E-state index is 0.0255. The predicted molar refractivity (Wildman–Crippen MR) is 94.0 cm³/mol. The first-order valence-electron chi connectivity index (χ1n) is 8.55. The highest BCUT2D eigenvalue weighted by molar-refractivity contribution is 5.95. The summed E-state index contributed by atoms with van der Waals surface area (Å²) in [6.45, 7) is 6.19. The van der Waals surface area contributed by atoms with Crippen LogP contribution in [0.15, 0.2) is 6.20 Å². The van der Waals surface area contributed by atoms with E-state index in [0.29, 0.717) is 24.6 Å². The summed E-state index contributed by atoms with van der Waals surface area (Å²) < 4.78 is 1.68. The van der Waals surface area contributed by atoms with Crippen LogP contribution >= 0.6 is 0 Å². The van der Waals surface area contributed by atoms with E-state index in [-0.39, 0.29) is 18.4 Å². The van der Waals surface area contributed by atoms with Gasteiger partial charge in [0.15, 0.2) is 0 Å². The molecule has 1 saturated heterocycles. The molecule has 0 aliphatic carbocycles. The largest absolute Gasteiger partial charge is 0.396 e. The molecule has 0 bridgehead atoms. The Morgan fingerprint density at radius 3 is 2.50 bits per heavy atom. The Morgan fingerprint density at radius 2 is 1.96 bits per heavy atom. The van der Waals surface area contributed by atoms with Crippen LogP contribution in [0.2, 0.25) is 0 Å². The summed E-state index contributed by atoms with van der Waals surface area (Å²) in [6, 6.07) is 0. The first-order valence-corrected chi connectivity index (χ1v) is 8.55. The van der Waals surface area contributed by atoms with Gasteiger partial charge < -0.3 is 19.8 Å². The summed E-state index contributed by atoms with van der Waals surface area (Å²) in [5, 5.41) is 14.0. The average molecular weight is 337 g/mol. The van der Waals surface area contributed by atoms with Gasteiger partial charge in [-0.3, -0.25) is 9.48 Å². The van der Waals surface area contributed by atoms with Gasteiger partial charge >= 0.3 is 0 Å². The van der Waals surface area contributed by atoms with E-state index in [1.165, 1.54) is 0 Å². The fourth-order valence-corrected chi connectivity index (χ4v) is 3.36. The molecule has 24 heavy (non-hydrogen) atoms. The quantitative estimate of drug-likeness (QED) is 0.753. The lowest BCUT2D eigenvalue weighted by molar-refractivity contribution is 0.0778. The number of aromatic nitrogens is 2. The van der Waals surface area contributed by atoms with E-state index in [2.05, 4.69) is 36.0 Å². The summed E-state index contributed by atoms with van der Waals surface area (Å²) in [5.74, 6) is 0.480. The zero-order chi connectivity index (χ0) is 17.9. The molecule has 1 aromatic rings. The van der Waals surface area contributed by atoms with Gasteiger partial charge in [-0.2, -0.15) is 5.10 Å². The Kier molecular flexibility index (Phi) is 6.37. The van der Waals surface area contributed by atoms with Crippen LogP contribution in [0.4, 0.5) is 0 Å². The van der Waals surface area contributed by atoms with Crippen LogP contribution in [0.1, 0.15) is 16.1 Å². The zero-order valence-electron chi connectivity index (χ0n) is 15.6. The van der Waals surface area contributed by atoms with Crippen LogP contribution in [0.3, 0.4) is 0 Å². The molecule has 0 radical (unpaired) electrons. The molecular weight excluding hydrogens is 306 g/mol. The summed E-state index contributed by atoms with van der Waals surface area (Å²) in [4.78, 5) is 19.1. The Hall–Kier alpha value is -1.44. The van der Waals surface area contributed by atoms with E-state index in [4.69, 9.17) is 0 Å². The molecule has 0 spiro atoms. The fraction of sp³-hybridized carbons (Fsp3) is 0.765. The van der Waals surface area contributed by atoms with E-state index in [1.807, 2.05) is 18.9 Å². The van der Waals surface area contributed by atoms with Gasteiger partial charge in [0, 0.05) is 58.5 Å². The number of hydrogen-bond acceptors (Lipinski definition) is 5. The van der Waals surface area contributed by atoms with Crippen LogP contribution in [-0.4, -0.2) is 96.0 Å². The zero-order valence-corrected chi connectivity index (χ0v) is 15.6. The number of rotatable bonds is 7. The SMILES string of the molecule is Cc1nn(C)cc1C(=O)N1C[C@@H](CN(C)CCN(C)C)[C@@H](CO)C1. The van der Waals surface area contributed by atoms with E-state index in [1.54, 1.807) is 10.9 Å². The van der Waals surface area contributed by atoms with Crippen molar-refractivity contribution in [3.63, 3.8) is 0 Å². The number of aryl methyl sites for hydroxylation is 2. The minimum Gasteiger partial charge on any atom is -0.396 e. The van der Waals surface area contributed by atoms with Crippen molar-refractivity contribution in [1.29, 1.82) is 0 Å². The van der Waals surface area contributed by atoms with Crippen LogP contribution < -0.4 is 0 Å². The number of amides is 1. The van der Waals surface area contributed by atoms with Crippen LogP contribution in [-0.2, 0) is 7.05 Å². The third-order valence-corrected chi connectivity index (χ3v) is 4.82. The Morgan fingerprint density at radius 1 is 1.29 bits per heavy atom. The average Bonchev–Trinajstić information content (AvgIpc) is 3.07.